The Bertz CT molecular complexity index is 1350. The number of aliphatic hydroxyl groups is 1. The van der Waals surface area contributed by atoms with Gasteiger partial charge in [-0.25, -0.2) is 4.39 Å². The van der Waals surface area contributed by atoms with Crippen molar-refractivity contribution in [2.45, 2.75) is 23.9 Å². The maximum Gasteiger partial charge on any atom is 0.174 e. The molecule has 5 nitrogen and oxygen atoms in total. The second kappa shape index (κ2) is 13.1. The Labute approximate surface area is 221 Å². The van der Waals surface area contributed by atoms with Gasteiger partial charge < -0.3 is 19.9 Å². The van der Waals surface area contributed by atoms with E-state index in [1.54, 1.807) is 49.3 Å². The van der Waals surface area contributed by atoms with Crippen molar-refractivity contribution in [2.75, 3.05) is 19.0 Å². The molecule has 1 heterocycles. The highest BCUT2D eigenvalue weighted by atomic mass is 32.2. The van der Waals surface area contributed by atoms with Crippen molar-refractivity contribution in [3.05, 3.63) is 108 Å². The van der Waals surface area contributed by atoms with Gasteiger partial charge in [0.15, 0.2) is 6.29 Å². The van der Waals surface area contributed by atoms with Crippen molar-refractivity contribution in [1.82, 2.24) is 4.98 Å². The molecule has 37 heavy (non-hydrogen) atoms. The van der Waals surface area contributed by atoms with Gasteiger partial charge in [-0.2, -0.15) is 0 Å². The summed E-state index contributed by atoms with van der Waals surface area (Å²) < 4.78 is 24.6. The van der Waals surface area contributed by atoms with Crippen LogP contribution in [0.3, 0.4) is 0 Å². The Morgan fingerprint density at radius 2 is 1.86 bits per heavy atom. The molecule has 0 radical (unpaired) electrons. The number of halogens is 1. The largest absolute Gasteiger partial charge is 0.494 e. The van der Waals surface area contributed by atoms with Crippen LogP contribution in [0, 0.1) is 5.82 Å². The SMILES string of the molecule is CCOC(O)C=Cc1cc(SCc2ccccc2)ccc1Nc1cnc(-c2cccc(F)c2)cc1OC. The lowest BCUT2D eigenvalue weighted by Crippen LogP contribution is -2.07. The first-order chi connectivity index (χ1) is 18.1. The number of thioether (sulfide) groups is 1. The van der Waals surface area contributed by atoms with E-state index in [1.165, 1.54) is 17.7 Å². The topological polar surface area (TPSA) is 63.6 Å². The summed E-state index contributed by atoms with van der Waals surface area (Å²) >= 11 is 1.73. The summed E-state index contributed by atoms with van der Waals surface area (Å²) in [6.45, 7) is 2.24. The normalized spacial score (nSPS) is 12.0. The van der Waals surface area contributed by atoms with Crippen molar-refractivity contribution >= 4 is 29.2 Å². The molecule has 0 aliphatic carbocycles. The van der Waals surface area contributed by atoms with E-state index in [-0.39, 0.29) is 5.82 Å². The van der Waals surface area contributed by atoms with Crippen LogP contribution in [-0.4, -0.2) is 30.1 Å². The van der Waals surface area contributed by atoms with Crippen LogP contribution >= 0.6 is 11.8 Å². The second-order valence-electron chi connectivity index (χ2n) is 8.13. The van der Waals surface area contributed by atoms with Crippen molar-refractivity contribution in [3.63, 3.8) is 0 Å². The molecule has 1 aromatic heterocycles. The van der Waals surface area contributed by atoms with Crippen molar-refractivity contribution in [2.24, 2.45) is 0 Å². The van der Waals surface area contributed by atoms with E-state index >= 15 is 0 Å². The minimum Gasteiger partial charge on any atom is -0.494 e. The number of methoxy groups -OCH3 is 1. The number of ether oxygens (including phenoxy) is 2. The van der Waals surface area contributed by atoms with Gasteiger partial charge in [-0.3, -0.25) is 4.98 Å². The molecule has 0 spiro atoms. The predicted molar refractivity (Wildman–Crippen MR) is 149 cm³/mol. The molecule has 3 aromatic carbocycles. The van der Waals surface area contributed by atoms with Gasteiger partial charge in [-0.15, -0.1) is 11.8 Å². The summed E-state index contributed by atoms with van der Waals surface area (Å²) in [7, 11) is 1.58. The summed E-state index contributed by atoms with van der Waals surface area (Å²) in [5.74, 6) is 1.09. The average molecular weight is 517 g/mol. The quantitative estimate of drug-likeness (QED) is 0.161. The molecule has 190 valence electrons. The summed E-state index contributed by atoms with van der Waals surface area (Å²) in [6.07, 6.45) is 4.11. The van der Waals surface area contributed by atoms with Gasteiger partial charge in [-0.05, 0) is 54.5 Å². The third kappa shape index (κ3) is 7.43. The fourth-order valence-corrected chi connectivity index (χ4v) is 4.59. The van der Waals surface area contributed by atoms with Crippen molar-refractivity contribution in [1.29, 1.82) is 0 Å². The Balaban J connectivity index is 1.61. The Kier molecular flexibility index (Phi) is 9.32. The van der Waals surface area contributed by atoms with Gasteiger partial charge in [0, 0.05) is 34.6 Å². The summed E-state index contributed by atoms with van der Waals surface area (Å²) in [5.41, 5.74) is 4.85. The Morgan fingerprint density at radius 3 is 2.62 bits per heavy atom. The van der Waals surface area contributed by atoms with E-state index < -0.39 is 6.29 Å². The number of aliphatic hydroxyl groups excluding tert-OH is 1. The van der Waals surface area contributed by atoms with Crippen LogP contribution in [0.2, 0.25) is 0 Å². The van der Waals surface area contributed by atoms with Gasteiger partial charge in [0.25, 0.3) is 0 Å². The van der Waals surface area contributed by atoms with Crippen LogP contribution in [0.5, 0.6) is 5.75 Å². The van der Waals surface area contributed by atoms with Gasteiger partial charge in [0.05, 0.1) is 24.7 Å². The van der Waals surface area contributed by atoms with E-state index in [1.807, 2.05) is 43.3 Å². The minimum atomic E-state index is -1.000. The van der Waals surface area contributed by atoms with E-state index in [2.05, 4.69) is 28.5 Å². The summed E-state index contributed by atoms with van der Waals surface area (Å²) in [4.78, 5) is 5.60. The number of benzene rings is 3. The maximum atomic E-state index is 13.7. The molecule has 4 aromatic rings. The highest BCUT2D eigenvalue weighted by Gasteiger charge is 2.11. The molecule has 7 heteroatoms. The zero-order valence-corrected chi connectivity index (χ0v) is 21.5. The minimum absolute atomic E-state index is 0.323. The Morgan fingerprint density at radius 1 is 1.03 bits per heavy atom. The maximum absolute atomic E-state index is 13.7. The second-order valence-corrected chi connectivity index (χ2v) is 9.18. The fourth-order valence-electron chi connectivity index (χ4n) is 3.69. The first kappa shape index (κ1) is 26.4. The number of hydrogen-bond donors (Lipinski definition) is 2. The highest BCUT2D eigenvalue weighted by molar-refractivity contribution is 7.98. The zero-order valence-electron chi connectivity index (χ0n) is 20.7. The molecule has 0 saturated heterocycles. The molecule has 1 atom stereocenters. The fraction of sp³-hybridized carbons (Fsp3) is 0.167. The molecule has 2 N–H and O–H groups in total. The third-order valence-electron chi connectivity index (χ3n) is 5.52. The molecule has 0 bridgehead atoms. The lowest BCUT2D eigenvalue weighted by Gasteiger charge is -2.15. The van der Waals surface area contributed by atoms with E-state index in [0.717, 1.165) is 21.9 Å². The summed E-state index contributed by atoms with van der Waals surface area (Å²) in [5, 5.41) is 13.5. The number of rotatable bonds is 11. The number of hydrogen-bond acceptors (Lipinski definition) is 6. The molecule has 0 aliphatic heterocycles. The van der Waals surface area contributed by atoms with Crippen molar-refractivity contribution < 1.29 is 19.0 Å². The smallest absolute Gasteiger partial charge is 0.174 e. The molecular formula is C30H29FN2O3S. The number of aromatic nitrogens is 1. The van der Waals surface area contributed by atoms with Crippen LogP contribution in [0.1, 0.15) is 18.1 Å². The first-order valence-corrected chi connectivity index (χ1v) is 12.9. The van der Waals surface area contributed by atoms with E-state index in [9.17, 15) is 9.50 Å². The van der Waals surface area contributed by atoms with Gasteiger partial charge in [-0.1, -0.05) is 48.5 Å². The predicted octanol–water partition coefficient (Wildman–Crippen LogP) is 7.30. The molecule has 0 aliphatic rings. The molecular weight excluding hydrogens is 487 g/mol. The van der Waals surface area contributed by atoms with Crippen LogP contribution in [0.15, 0.2) is 96.0 Å². The van der Waals surface area contributed by atoms with Crippen molar-refractivity contribution in [3.8, 4) is 17.0 Å². The van der Waals surface area contributed by atoms with E-state index in [4.69, 9.17) is 9.47 Å². The number of anilines is 2. The summed E-state index contributed by atoms with van der Waals surface area (Å²) in [6, 6.07) is 24.4. The van der Waals surface area contributed by atoms with Gasteiger partial charge in [0.1, 0.15) is 11.6 Å². The van der Waals surface area contributed by atoms with Gasteiger partial charge in [0.2, 0.25) is 0 Å². The van der Waals surface area contributed by atoms with Crippen LogP contribution < -0.4 is 10.1 Å². The van der Waals surface area contributed by atoms with Gasteiger partial charge >= 0.3 is 0 Å². The van der Waals surface area contributed by atoms with Crippen LogP contribution in [0.4, 0.5) is 15.8 Å². The first-order valence-electron chi connectivity index (χ1n) is 11.9. The molecule has 1 unspecified atom stereocenters. The molecule has 4 rings (SSSR count). The van der Waals surface area contributed by atoms with E-state index in [0.29, 0.717) is 29.3 Å². The average Bonchev–Trinajstić information content (AvgIpc) is 2.92. The zero-order chi connectivity index (χ0) is 26.0. The lowest BCUT2D eigenvalue weighted by atomic mass is 10.1. The van der Waals surface area contributed by atoms with Crippen LogP contribution in [0.25, 0.3) is 17.3 Å². The lowest BCUT2D eigenvalue weighted by molar-refractivity contribution is -0.0581. The third-order valence-corrected chi connectivity index (χ3v) is 6.59. The molecule has 0 amide bonds. The Hall–Kier alpha value is -3.65. The standard InChI is InChI=1S/C30H29FN2O3S/c1-3-36-30(34)15-12-23-17-25(37-20-21-8-5-4-6-9-21)13-14-26(23)33-28-19-32-27(18-29(28)35-2)22-10-7-11-24(31)16-22/h4-19,30,33-34H,3,20H2,1-2H3. The monoisotopic (exact) mass is 516 g/mol. The number of pyridine rings is 1. The molecule has 0 saturated carbocycles. The molecule has 0 fully saturated rings. The van der Waals surface area contributed by atoms with Crippen LogP contribution in [-0.2, 0) is 10.5 Å². The highest BCUT2D eigenvalue weighted by Crippen LogP contribution is 2.34. The number of nitrogens with one attached hydrogen (secondary N) is 1. The number of nitrogens with zero attached hydrogens (tertiary/aromatic N) is 1.